The number of benzene rings is 1. The van der Waals surface area contributed by atoms with Crippen LogP contribution in [0.5, 0.6) is 5.88 Å². The van der Waals surface area contributed by atoms with Crippen molar-refractivity contribution in [2.24, 2.45) is 10.7 Å². The molecule has 0 aliphatic carbocycles. The van der Waals surface area contributed by atoms with Gasteiger partial charge in [0.15, 0.2) is 12.6 Å². The summed E-state index contributed by atoms with van der Waals surface area (Å²) in [7, 11) is 1.60. The Morgan fingerprint density at radius 1 is 1.23 bits per heavy atom. The molecule has 0 unspecified atom stereocenters. The molecule has 1 aromatic heterocycles. The summed E-state index contributed by atoms with van der Waals surface area (Å²) in [6.45, 7) is -0.729. The third kappa shape index (κ3) is 6.60. The van der Waals surface area contributed by atoms with Crippen LogP contribution in [0.25, 0.3) is 0 Å². The second-order valence-electron chi connectivity index (χ2n) is 5.33. The van der Waals surface area contributed by atoms with Crippen molar-refractivity contribution in [1.82, 2.24) is 4.98 Å². The highest BCUT2D eigenvalue weighted by Crippen LogP contribution is 2.17. The number of rotatable bonds is 7. The average Bonchev–Trinajstić information content (AvgIpc) is 2.60. The van der Waals surface area contributed by atoms with Crippen molar-refractivity contribution in [2.75, 3.05) is 19.0 Å². The van der Waals surface area contributed by atoms with Crippen LogP contribution in [0.2, 0.25) is 0 Å². The number of nitrogens with two attached hydrogens (primary N) is 1. The second-order valence-corrected chi connectivity index (χ2v) is 5.33. The Morgan fingerprint density at radius 3 is 2.65 bits per heavy atom. The number of aliphatic imine (C=N–C) groups is 1. The molecule has 0 atom stereocenters. The summed E-state index contributed by atoms with van der Waals surface area (Å²) < 4.78 is 45.9. The van der Waals surface area contributed by atoms with E-state index < -0.39 is 12.8 Å². The second kappa shape index (κ2) is 9.04. The van der Waals surface area contributed by atoms with Gasteiger partial charge in [-0.3, -0.25) is 0 Å². The maximum atomic E-state index is 12.1. The highest BCUT2D eigenvalue weighted by Gasteiger charge is 2.28. The van der Waals surface area contributed by atoms with Gasteiger partial charge >= 0.3 is 6.18 Å². The number of guanidine groups is 1. The smallest absolute Gasteiger partial charge is 0.422 e. The molecule has 140 valence electrons. The van der Waals surface area contributed by atoms with E-state index in [0.717, 1.165) is 11.3 Å². The van der Waals surface area contributed by atoms with Gasteiger partial charge in [-0.2, -0.15) is 13.2 Å². The molecule has 26 heavy (non-hydrogen) atoms. The van der Waals surface area contributed by atoms with Crippen LogP contribution in [-0.2, 0) is 17.9 Å². The van der Waals surface area contributed by atoms with E-state index in [-0.39, 0.29) is 18.4 Å². The molecule has 3 N–H and O–H groups in total. The Kier molecular flexibility index (Phi) is 6.79. The van der Waals surface area contributed by atoms with Gasteiger partial charge in [0.25, 0.3) is 0 Å². The monoisotopic (exact) mass is 368 g/mol. The average molecular weight is 368 g/mol. The number of hydrogen-bond donors (Lipinski definition) is 2. The lowest BCUT2D eigenvalue weighted by Crippen LogP contribution is -2.23. The van der Waals surface area contributed by atoms with Crippen LogP contribution < -0.4 is 15.8 Å². The third-order valence-electron chi connectivity index (χ3n) is 3.19. The summed E-state index contributed by atoms with van der Waals surface area (Å²) in [6, 6.07) is 10.4. The molecule has 1 aromatic carbocycles. The predicted octanol–water partition coefficient (Wildman–Crippen LogP) is 3.10. The Balaban J connectivity index is 1.92. The van der Waals surface area contributed by atoms with Gasteiger partial charge in [-0.15, -0.1) is 0 Å². The first-order valence-corrected chi connectivity index (χ1v) is 7.65. The first kappa shape index (κ1) is 19.5. The number of methoxy groups -OCH3 is 1. The molecule has 0 aliphatic heterocycles. The minimum absolute atomic E-state index is 0.102. The van der Waals surface area contributed by atoms with E-state index in [1.54, 1.807) is 13.2 Å². The molecule has 6 nitrogen and oxygen atoms in total. The van der Waals surface area contributed by atoms with Gasteiger partial charge in [0.05, 0.1) is 13.2 Å². The normalized spacial score (nSPS) is 12.1. The van der Waals surface area contributed by atoms with Crippen molar-refractivity contribution in [2.45, 2.75) is 19.3 Å². The minimum atomic E-state index is -4.40. The van der Waals surface area contributed by atoms with Crippen LogP contribution in [0.15, 0.2) is 47.6 Å². The first-order chi connectivity index (χ1) is 12.4. The molecular weight excluding hydrogens is 349 g/mol. The molecule has 9 heteroatoms. The van der Waals surface area contributed by atoms with Crippen LogP contribution in [-0.4, -0.2) is 30.8 Å². The number of aromatic nitrogens is 1. The standard InChI is InChI=1S/C17H19F3N4O2/c1-25-10-13-4-2-3-5-14(13)24-16(21)23-9-12-6-7-15(22-8-12)26-11-17(18,19)20/h2-8H,9-11H2,1H3,(H3,21,23,24). The number of ether oxygens (including phenoxy) is 2. The van der Waals surface area contributed by atoms with E-state index in [1.807, 2.05) is 24.3 Å². The number of alkyl halides is 3. The zero-order valence-corrected chi connectivity index (χ0v) is 14.1. The zero-order chi connectivity index (χ0) is 19.0. The van der Waals surface area contributed by atoms with Crippen molar-refractivity contribution >= 4 is 11.6 Å². The lowest BCUT2D eigenvalue weighted by atomic mass is 10.2. The number of nitrogens with zero attached hydrogens (tertiary/aromatic N) is 2. The van der Waals surface area contributed by atoms with Gasteiger partial charge in [-0.1, -0.05) is 24.3 Å². The molecule has 0 aliphatic rings. The fourth-order valence-corrected chi connectivity index (χ4v) is 2.02. The highest BCUT2D eigenvalue weighted by atomic mass is 19.4. The maximum Gasteiger partial charge on any atom is 0.422 e. The van der Waals surface area contributed by atoms with Gasteiger partial charge in [-0.05, 0) is 11.6 Å². The fraction of sp³-hybridized carbons (Fsp3) is 0.294. The van der Waals surface area contributed by atoms with Crippen LogP contribution >= 0.6 is 0 Å². The number of anilines is 1. The predicted molar refractivity (Wildman–Crippen MR) is 91.9 cm³/mol. The molecule has 0 spiro atoms. The van der Waals surface area contributed by atoms with E-state index in [9.17, 15) is 13.2 Å². The first-order valence-electron chi connectivity index (χ1n) is 7.65. The van der Waals surface area contributed by atoms with E-state index in [0.29, 0.717) is 12.2 Å². The lowest BCUT2D eigenvalue weighted by molar-refractivity contribution is -0.154. The van der Waals surface area contributed by atoms with E-state index in [4.69, 9.17) is 10.5 Å². The van der Waals surface area contributed by atoms with Crippen LogP contribution in [0.3, 0.4) is 0 Å². The summed E-state index contributed by atoms with van der Waals surface area (Å²) in [5.74, 6) is 0.0978. The van der Waals surface area contributed by atoms with Crippen molar-refractivity contribution in [3.05, 3.63) is 53.7 Å². The molecule has 0 bridgehead atoms. The van der Waals surface area contributed by atoms with Gasteiger partial charge in [0, 0.05) is 30.6 Å². The van der Waals surface area contributed by atoms with Crippen LogP contribution in [0.1, 0.15) is 11.1 Å². The summed E-state index contributed by atoms with van der Waals surface area (Å²) in [6.07, 6.45) is -3.01. The van der Waals surface area contributed by atoms with E-state index >= 15 is 0 Å². The van der Waals surface area contributed by atoms with Gasteiger partial charge in [-0.25, -0.2) is 9.98 Å². The zero-order valence-electron chi connectivity index (χ0n) is 14.1. The SMILES string of the molecule is COCc1ccccc1NC(N)=NCc1ccc(OCC(F)(F)F)nc1. The summed E-state index contributed by atoms with van der Waals surface area (Å²) in [4.78, 5) is 8.00. The Hall–Kier alpha value is -2.81. The fourth-order valence-electron chi connectivity index (χ4n) is 2.02. The molecule has 2 rings (SSSR count). The third-order valence-corrected chi connectivity index (χ3v) is 3.19. The molecule has 0 radical (unpaired) electrons. The molecule has 0 saturated carbocycles. The Bertz CT molecular complexity index is 734. The topological polar surface area (TPSA) is 81.8 Å². The molecule has 2 aromatic rings. The van der Waals surface area contributed by atoms with Gasteiger partial charge in [0.2, 0.25) is 5.88 Å². The van der Waals surface area contributed by atoms with E-state index in [1.165, 1.54) is 12.3 Å². The molecule has 0 amide bonds. The van der Waals surface area contributed by atoms with Crippen molar-refractivity contribution < 1.29 is 22.6 Å². The van der Waals surface area contributed by atoms with E-state index in [2.05, 4.69) is 20.0 Å². The molecular formula is C17H19F3N4O2. The number of halogens is 3. The van der Waals surface area contributed by atoms with Gasteiger partial charge in [0.1, 0.15) is 0 Å². The number of para-hydroxylation sites is 1. The summed E-state index contributed by atoms with van der Waals surface area (Å²) in [5.41, 5.74) is 8.27. The quantitative estimate of drug-likeness (QED) is 0.580. The molecule has 0 saturated heterocycles. The Labute approximate surface area is 148 Å². The Morgan fingerprint density at radius 2 is 2.00 bits per heavy atom. The summed E-state index contributed by atoms with van der Waals surface area (Å²) >= 11 is 0. The van der Waals surface area contributed by atoms with Crippen molar-refractivity contribution in [3.8, 4) is 5.88 Å². The van der Waals surface area contributed by atoms with Crippen molar-refractivity contribution in [1.29, 1.82) is 0 Å². The number of nitrogens with one attached hydrogen (secondary N) is 1. The lowest BCUT2D eigenvalue weighted by Gasteiger charge is -2.11. The minimum Gasteiger partial charge on any atom is -0.468 e. The van der Waals surface area contributed by atoms with Crippen LogP contribution in [0.4, 0.5) is 18.9 Å². The van der Waals surface area contributed by atoms with Crippen molar-refractivity contribution in [3.63, 3.8) is 0 Å². The van der Waals surface area contributed by atoms with Crippen LogP contribution in [0, 0.1) is 0 Å². The number of pyridine rings is 1. The van der Waals surface area contributed by atoms with Gasteiger partial charge < -0.3 is 20.5 Å². The number of hydrogen-bond acceptors (Lipinski definition) is 4. The maximum absolute atomic E-state index is 12.1. The summed E-state index contributed by atoms with van der Waals surface area (Å²) in [5, 5.41) is 2.99. The largest absolute Gasteiger partial charge is 0.468 e. The molecule has 0 fully saturated rings. The highest BCUT2D eigenvalue weighted by molar-refractivity contribution is 5.92. The molecule has 1 heterocycles.